The number of hydrogen-bond acceptors (Lipinski definition) is 4. The van der Waals surface area contributed by atoms with Gasteiger partial charge in [0.25, 0.3) is 0 Å². The highest BCUT2D eigenvalue weighted by Crippen LogP contribution is 2.32. The van der Waals surface area contributed by atoms with E-state index in [-0.39, 0.29) is 0 Å². The van der Waals surface area contributed by atoms with Crippen molar-refractivity contribution in [2.45, 2.75) is 4.90 Å². The molecule has 0 fully saturated rings. The molecule has 21 heavy (non-hydrogen) atoms. The van der Waals surface area contributed by atoms with Crippen molar-refractivity contribution >= 4 is 56.3 Å². The molecule has 0 radical (unpaired) electrons. The predicted molar refractivity (Wildman–Crippen MR) is 98.1 cm³/mol. The molecule has 0 spiro atoms. The van der Waals surface area contributed by atoms with Gasteiger partial charge in [0.2, 0.25) is 0 Å². The number of methoxy groups -OCH3 is 1. The Bertz CT molecular complexity index is 677. The highest BCUT2D eigenvalue weighted by Gasteiger charge is 2.11. The number of halogens is 1. The summed E-state index contributed by atoms with van der Waals surface area (Å²) in [5.74, 6) is 0.785. The summed E-state index contributed by atoms with van der Waals surface area (Å²) < 4.78 is 6.11. The molecule has 0 aliphatic rings. The average Bonchev–Trinajstić information content (AvgIpc) is 2.46. The standard InChI is InChI=1S/C15H15BrN2OS2/c1-19-12-7-6-9(8-10(12)16)18-11-4-3-5-13(21-2)14(11)15(17)20/h3-8,18H,1-2H3,(H2,17,20). The lowest BCUT2D eigenvalue weighted by molar-refractivity contribution is 0.412. The van der Waals surface area contributed by atoms with Crippen LogP contribution in [0.1, 0.15) is 5.56 Å². The van der Waals surface area contributed by atoms with Gasteiger partial charge in [0.1, 0.15) is 10.7 Å². The van der Waals surface area contributed by atoms with Gasteiger partial charge in [-0.25, -0.2) is 0 Å². The minimum Gasteiger partial charge on any atom is -0.496 e. The average molecular weight is 383 g/mol. The van der Waals surface area contributed by atoms with Gasteiger partial charge in [-0.15, -0.1) is 11.8 Å². The van der Waals surface area contributed by atoms with Gasteiger partial charge in [-0.2, -0.15) is 0 Å². The van der Waals surface area contributed by atoms with Gasteiger partial charge in [-0.3, -0.25) is 0 Å². The van der Waals surface area contributed by atoms with Crippen molar-refractivity contribution in [3.63, 3.8) is 0 Å². The van der Waals surface area contributed by atoms with Crippen molar-refractivity contribution in [3.8, 4) is 5.75 Å². The zero-order valence-corrected chi connectivity index (χ0v) is 14.9. The van der Waals surface area contributed by atoms with E-state index < -0.39 is 0 Å². The molecule has 0 aliphatic heterocycles. The van der Waals surface area contributed by atoms with Crippen LogP contribution in [0.4, 0.5) is 11.4 Å². The van der Waals surface area contributed by atoms with Crippen LogP contribution in [-0.2, 0) is 0 Å². The first kappa shape index (κ1) is 16.1. The van der Waals surface area contributed by atoms with Crippen LogP contribution in [-0.4, -0.2) is 18.4 Å². The molecule has 2 rings (SSSR count). The van der Waals surface area contributed by atoms with E-state index in [0.29, 0.717) is 4.99 Å². The summed E-state index contributed by atoms with van der Waals surface area (Å²) in [4.78, 5) is 1.44. The summed E-state index contributed by atoms with van der Waals surface area (Å²) in [6.45, 7) is 0. The minimum atomic E-state index is 0.384. The second-order valence-electron chi connectivity index (χ2n) is 4.22. The number of hydrogen-bond donors (Lipinski definition) is 2. The number of thiocarbonyl (C=S) groups is 1. The third-order valence-electron chi connectivity index (χ3n) is 2.92. The summed E-state index contributed by atoms with van der Waals surface area (Å²) in [7, 11) is 1.64. The molecule has 110 valence electrons. The van der Waals surface area contributed by atoms with Crippen molar-refractivity contribution in [3.05, 3.63) is 46.4 Å². The summed E-state index contributed by atoms with van der Waals surface area (Å²) in [5.41, 5.74) is 8.56. The smallest absolute Gasteiger partial charge is 0.133 e. The van der Waals surface area contributed by atoms with Gasteiger partial charge in [-0.05, 0) is 52.5 Å². The lowest BCUT2D eigenvalue weighted by Crippen LogP contribution is -2.13. The topological polar surface area (TPSA) is 47.3 Å². The molecule has 0 aromatic heterocycles. The summed E-state index contributed by atoms with van der Waals surface area (Å²) in [6.07, 6.45) is 2.00. The molecule has 0 atom stereocenters. The Morgan fingerprint density at radius 3 is 2.67 bits per heavy atom. The third kappa shape index (κ3) is 3.70. The summed E-state index contributed by atoms with van der Waals surface area (Å²) in [5, 5.41) is 3.35. The van der Waals surface area contributed by atoms with Crippen LogP contribution < -0.4 is 15.8 Å². The highest BCUT2D eigenvalue weighted by molar-refractivity contribution is 9.10. The van der Waals surface area contributed by atoms with E-state index in [4.69, 9.17) is 22.7 Å². The maximum Gasteiger partial charge on any atom is 0.133 e. The Kier molecular flexibility index (Phi) is 5.50. The van der Waals surface area contributed by atoms with E-state index in [1.165, 1.54) is 0 Å². The molecule has 0 aliphatic carbocycles. The molecule has 3 N–H and O–H groups in total. The van der Waals surface area contributed by atoms with Crippen LogP contribution in [0.15, 0.2) is 45.8 Å². The molecule has 0 bridgehead atoms. The van der Waals surface area contributed by atoms with E-state index in [2.05, 4.69) is 21.2 Å². The second kappa shape index (κ2) is 7.15. The van der Waals surface area contributed by atoms with Crippen molar-refractivity contribution in [1.29, 1.82) is 0 Å². The third-order valence-corrected chi connectivity index (χ3v) is 4.53. The Labute approximate surface area is 142 Å². The first-order valence-corrected chi connectivity index (χ1v) is 8.56. The number of anilines is 2. The van der Waals surface area contributed by atoms with Gasteiger partial charge < -0.3 is 15.8 Å². The molecule has 6 heteroatoms. The fraction of sp³-hybridized carbons (Fsp3) is 0.133. The van der Waals surface area contributed by atoms with Crippen molar-refractivity contribution in [1.82, 2.24) is 0 Å². The van der Waals surface area contributed by atoms with Gasteiger partial charge in [0.05, 0.1) is 11.6 Å². The Morgan fingerprint density at radius 1 is 1.33 bits per heavy atom. The number of nitrogens with one attached hydrogen (secondary N) is 1. The molecule has 0 unspecified atom stereocenters. The summed E-state index contributed by atoms with van der Waals surface area (Å²) in [6, 6.07) is 11.7. The number of nitrogens with two attached hydrogens (primary N) is 1. The lowest BCUT2D eigenvalue weighted by atomic mass is 10.1. The zero-order valence-electron chi connectivity index (χ0n) is 11.6. The zero-order chi connectivity index (χ0) is 15.4. The Morgan fingerprint density at radius 2 is 2.10 bits per heavy atom. The van der Waals surface area contributed by atoms with E-state index in [9.17, 15) is 0 Å². The fourth-order valence-electron chi connectivity index (χ4n) is 1.96. The monoisotopic (exact) mass is 382 g/mol. The highest BCUT2D eigenvalue weighted by atomic mass is 79.9. The second-order valence-corrected chi connectivity index (χ2v) is 6.36. The quantitative estimate of drug-likeness (QED) is 0.586. The van der Waals surface area contributed by atoms with Crippen molar-refractivity contribution in [2.24, 2.45) is 5.73 Å². The van der Waals surface area contributed by atoms with E-state index in [1.54, 1.807) is 18.9 Å². The molecule has 0 saturated heterocycles. The van der Waals surface area contributed by atoms with Gasteiger partial charge in [0.15, 0.2) is 0 Å². The van der Waals surface area contributed by atoms with Crippen LogP contribution in [0.3, 0.4) is 0 Å². The van der Waals surface area contributed by atoms with Crippen LogP contribution >= 0.6 is 39.9 Å². The Hall–Kier alpha value is -1.24. The van der Waals surface area contributed by atoms with Gasteiger partial charge in [-0.1, -0.05) is 18.3 Å². The van der Waals surface area contributed by atoms with Crippen LogP contribution in [0, 0.1) is 0 Å². The first-order chi connectivity index (χ1) is 10.1. The van der Waals surface area contributed by atoms with Crippen molar-refractivity contribution in [2.75, 3.05) is 18.7 Å². The Balaban J connectivity index is 2.40. The predicted octanol–water partition coefficient (Wildman–Crippen LogP) is 4.56. The van der Waals surface area contributed by atoms with Gasteiger partial charge in [0, 0.05) is 21.8 Å². The maximum atomic E-state index is 5.87. The number of rotatable bonds is 5. The van der Waals surface area contributed by atoms with E-state index >= 15 is 0 Å². The van der Waals surface area contributed by atoms with Crippen molar-refractivity contribution < 1.29 is 4.74 Å². The molecule has 2 aromatic rings. The molecule has 0 heterocycles. The molecular formula is C15H15BrN2OS2. The molecule has 0 saturated carbocycles. The molecule has 2 aromatic carbocycles. The van der Waals surface area contributed by atoms with Crippen LogP contribution in [0.5, 0.6) is 5.75 Å². The lowest BCUT2D eigenvalue weighted by Gasteiger charge is -2.15. The molecule has 0 amide bonds. The van der Waals surface area contributed by atoms with Gasteiger partial charge >= 0.3 is 0 Å². The number of ether oxygens (including phenoxy) is 1. The molecule has 3 nitrogen and oxygen atoms in total. The van der Waals surface area contributed by atoms with Crippen LogP contribution in [0.25, 0.3) is 0 Å². The van der Waals surface area contributed by atoms with E-state index in [1.807, 2.05) is 42.7 Å². The fourth-order valence-corrected chi connectivity index (χ4v) is 3.42. The van der Waals surface area contributed by atoms with E-state index in [0.717, 1.165) is 32.1 Å². The maximum absolute atomic E-state index is 5.87. The largest absolute Gasteiger partial charge is 0.496 e. The minimum absolute atomic E-state index is 0.384. The molecular weight excluding hydrogens is 368 g/mol. The SMILES string of the molecule is COc1ccc(Nc2cccc(SC)c2C(N)=S)cc1Br. The number of benzene rings is 2. The normalized spacial score (nSPS) is 10.2. The first-order valence-electron chi connectivity index (χ1n) is 6.14. The number of thioether (sulfide) groups is 1. The van der Waals surface area contributed by atoms with Crippen LogP contribution in [0.2, 0.25) is 0 Å². The summed E-state index contributed by atoms with van der Waals surface area (Å²) >= 11 is 10.3.